The SMILES string of the molecule is CCCCCCC#CCCCOc1cccc(C(=O)NC2[C@H](O[C@H]3C(O)C(NC(C)=O)[C@H](OC4C(CO)O[C@@H](O[C@H]5C(O)C(NC(C)=O)[C@H](OC6C(CO[C@@H]7OC(C)[C@@H](O)C(O)[C@H]7OC)OC(O)[C@@H](NC(C)=O)[C@H]6O)O[C@H]5CO)[C@@H](NC(C)=O)[C@H]4O)O[C@H]3CO)OC(CO)[C@@H](O)[C@@H]2O)c1. The Labute approximate surface area is 571 Å². The molecule has 0 saturated carbocycles. The molecule has 7 rings (SSSR count). The molecule has 0 spiro atoms. The number of rotatable bonds is 30. The average molecular weight is 1420 g/mol. The van der Waals surface area contributed by atoms with Gasteiger partial charge >= 0.3 is 0 Å². The third kappa shape index (κ3) is 20.9. The van der Waals surface area contributed by atoms with Crippen molar-refractivity contribution in [3.8, 4) is 17.6 Å². The summed E-state index contributed by atoms with van der Waals surface area (Å²) in [6.07, 6.45) is -37.0. The summed E-state index contributed by atoms with van der Waals surface area (Å²) in [6, 6.07) is -2.53. The molecule has 1 aromatic rings. The van der Waals surface area contributed by atoms with Gasteiger partial charge in [0, 0.05) is 53.2 Å². The van der Waals surface area contributed by atoms with Crippen molar-refractivity contribution in [2.24, 2.45) is 0 Å². The van der Waals surface area contributed by atoms with E-state index in [1.54, 1.807) is 12.1 Å². The van der Waals surface area contributed by atoms with E-state index in [4.69, 9.17) is 61.6 Å². The maximum Gasteiger partial charge on any atom is 0.251 e. The standard InChI is InChI=1S/C63H99N5O31/c1-8-9-10-11-12-13-14-15-16-20-88-33-19-17-18-32(21-33)57(85)68-40-46(79)45(78)34(22-69)92-59(40)96-52-35(23-70)93-60(41(48(52)81)65-29(4)74)97-53-36(24-71)94-61(42(49(53)82)66-30(5)75)98-54-37(25-72)95-62(43(50(54)83)67-31(6)76)99-55-38(91-58(86)39(47(55)80)64-28(3)73)26-89-63-56(87-7)51(84)44(77)27(2)90-63/h17-19,21,27,34-56,58-63,69-72,77-84,86H,8-12,15-16,20,22-26H2,1-7H3,(H,64,73)(H,65,74)(H,66,75)(H,67,76)(H,68,85)/t27?,34?,35-,36?,37-,38?,39-,40?,41?,42-,43?,44+,45+,46+,47+,48?,49+,50?,51?,52+,53?,54+,55?,56+,58?,59-,60-,61-,62-,63+/m0/s1. The molecule has 562 valence electrons. The highest BCUT2D eigenvalue weighted by Crippen LogP contribution is 2.37. The Morgan fingerprint density at radius 1 is 0.465 bits per heavy atom. The lowest BCUT2D eigenvalue weighted by Crippen LogP contribution is -2.72. The second kappa shape index (κ2) is 38.4. The molecule has 99 heavy (non-hydrogen) atoms. The van der Waals surface area contributed by atoms with Gasteiger partial charge in [0.2, 0.25) is 23.6 Å². The van der Waals surface area contributed by atoms with Crippen molar-refractivity contribution in [3.63, 3.8) is 0 Å². The van der Waals surface area contributed by atoms with E-state index in [0.717, 1.165) is 59.8 Å². The Kier molecular flexibility index (Phi) is 31.5. The van der Waals surface area contributed by atoms with Crippen LogP contribution in [-0.2, 0) is 76.0 Å². The summed E-state index contributed by atoms with van der Waals surface area (Å²) in [7, 11) is 1.21. The van der Waals surface area contributed by atoms with Crippen LogP contribution in [0.15, 0.2) is 24.3 Å². The molecule has 6 aliphatic rings. The summed E-state index contributed by atoms with van der Waals surface area (Å²) in [5, 5.41) is 158. The maximum absolute atomic E-state index is 13.9. The number of aliphatic hydroxyl groups is 13. The number of hydrogen-bond acceptors (Lipinski definition) is 31. The fourth-order valence-corrected chi connectivity index (χ4v) is 12.5. The summed E-state index contributed by atoms with van der Waals surface area (Å²) in [6.45, 7) is 3.43. The number of hydrogen-bond donors (Lipinski definition) is 18. The maximum atomic E-state index is 13.9. The molecule has 0 aliphatic carbocycles. The van der Waals surface area contributed by atoms with Crippen molar-refractivity contribution in [1.82, 2.24) is 26.6 Å². The quantitative estimate of drug-likeness (QED) is 0.0251. The zero-order valence-corrected chi connectivity index (χ0v) is 56.0. The van der Waals surface area contributed by atoms with E-state index in [1.165, 1.54) is 26.2 Å². The zero-order valence-electron chi connectivity index (χ0n) is 56.0. The van der Waals surface area contributed by atoms with Crippen LogP contribution in [-0.4, -0.2) is 327 Å². The molecule has 6 heterocycles. The molecule has 6 aliphatic heterocycles. The zero-order chi connectivity index (χ0) is 72.5. The number of amides is 5. The van der Waals surface area contributed by atoms with Crippen LogP contribution in [0.5, 0.6) is 5.75 Å². The van der Waals surface area contributed by atoms with Gasteiger partial charge in [-0.1, -0.05) is 32.3 Å². The lowest BCUT2D eigenvalue weighted by atomic mass is 9.93. The highest BCUT2D eigenvalue weighted by Gasteiger charge is 2.58. The molecule has 30 atom stereocenters. The van der Waals surface area contributed by atoms with Crippen molar-refractivity contribution in [2.75, 3.05) is 46.8 Å². The van der Waals surface area contributed by atoms with Gasteiger partial charge in [0.15, 0.2) is 37.7 Å². The summed E-state index contributed by atoms with van der Waals surface area (Å²) >= 11 is 0. The predicted octanol–water partition coefficient (Wildman–Crippen LogP) is -7.27. The van der Waals surface area contributed by atoms with Crippen LogP contribution >= 0.6 is 0 Å². The summed E-state index contributed by atoms with van der Waals surface area (Å²) in [5.74, 6) is 2.59. The first-order valence-electron chi connectivity index (χ1n) is 33.0. The van der Waals surface area contributed by atoms with Gasteiger partial charge < -0.3 is 155 Å². The van der Waals surface area contributed by atoms with Crippen molar-refractivity contribution >= 4 is 29.5 Å². The second-order valence-corrected chi connectivity index (χ2v) is 25.1. The van der Waals surface area contributed by atoms with Crippen molar-refractivity contribution in [1.29, 1.82) is 0 Å². The van der Waals surface area contributed by atoms with Crippen molar-refractivity contribution in [3.05, 3.63) is 29.8 Å². The molecular formula is C63H99N5O31. The van der Waals surface area contributed by atoms with E-state index in [9.17, 15) is 90.4 Å². The van der Waals surface area contributed by atoms with E-state index in [-0.39, 0.29) is 12.2 Å². The Bertz CT molecular complexity index is 2790. The first-order valence-corrected chi connectivity index (χ1v) is 33.0. The fraction of sp³-hybridized carbons (Fsp3) is 0.794. The molecule has 36 nitrogen and oxygen atoms in total. The summed E-state index contributed by atoms with van der Waals surface area (Å²) < 4.78 is 77.9. The van der Waals surface area contributed by atoms with Gasteiger partial charge in [-0.2, -0.15) is 0 Å². The Balaban J connectivity index is 1.07. The number of nitrogens with one attached hydrogen (secondary N) is 5. The molecule has 5 amide bonds. The van der Waals surface area contributed by atoms with Crippen molar-refractivity contribution < 1.29 is 152 Å². The number of ether oxygens (including phenoxy) is 13. The van der Waals surface area contributed by atoms with E-state index in [0.29, 0.717) is 18.6 Å². The topological polar surface area (TPSA) is 528 Å². The van der Waals surface area contributed by atoms with Crippen LogP contribution in [0.2, 0.25) is 0 Å². The molecule has 13 unspecified atom stereocenters. The molecule has 0 aromatic heterocycles. The number of carbonyl (C=O) groups excluding carboxylic acids is 5. The summed E-state index contributed by atoms with van der Waals surface area (Å²) in [5.41, 5.74) is 0.0342. The minimum Gasteiger partial charge on any atom is -0.494 e. The average Bonchev–Trinajstić information content (AvgIpc) is 0.771. The minimum atomic E-state index is -2.07. The van der Waals surface area contributed by atoms with Gasteiger partial charge in [0.05, 0.1) is 45.7 Å². The third-order valence-electron chi connectivity index (χ3n) is 17.6. The third-order valence-corrected chi connectivity index (χ3v) is 17.6. The lowest BCUT2D eigenvalue weighted by Gasteiger charge is -2.51. The highest BCUT2D eigenvalue weighted by molar-refractivity contribution is 5.94. The molecule has 0 radical (unpaired) electrons. The van der Waals surface area contributed by atoms with E-state index < -0.39 is 246 Å². The second-order valence-electron chi connectivity index (χ2n) is 25.1. The molecular weight excluding hydrogens is 1320 g/mol. The fourth-order valence-electron chi connectivity index (χ4n) is 12.5. The predicted molar refractivity (Wildman–Crippen MR) is 332 cm³/mol. The Morgan fingerprint density at radius 3 is 1.35 bits per heavy atom. The molecule has 18 N–H and O–H groups in total. The van der Waals surface area contributed by atoms with Gasteiger partial charge in [-0.25, -0.2) is 0 Å². The molecule has 0 bridgehead atoms. The number of methoxy groups -OCH3 is 1. The lowest BCUT2D eigenvalue weighted by molar-refractivity contribution is -0.368. The van der Waals surface area contributed by atoms with Gasteiger partial charge in [-0.3, -0.25) is 24.0 Å². The van der Waals surface area contributed by atoms with E-state index >= 15 is 0 Å². The van der Waals surface area contributed by atoms with Crippen molar-refractivity contribution in [2.45, 2.75) is 270 Å². The van der Waals surface area contributed by atoms with Gasteiger partial charge in [-0.05, 0) is 38.0 Å². The molecule has 6 fully saturated rings. The largest absolute Gasteiger partial charge is 0.494 e. The van der Waals surface area contributed by atoms with Gasteiger partial charge in [0.25, 0.3) is 5.91 Å². The van der Waals surface area contributed by atoms with Crippen LogP contribution < -0.4 is 31.3 Å². The minimum absolute atomic E-state index is 0.0342. The summed E-state index contributed by atoms with van der Waals surface area (Å²) in [4.78, 5) is 65.1. The number of benzene rings is 1. The first kappa shape index (κ1) is 81.2. The normalized spacial score (nSPS) is 39.4. The number of carbonyl (C=O) groups is 5. The van der Waals surface area contributed by atoms with Crippen LogP contribution in [0.25, 0.3) is 0 Å². The van der Waals surface area contributed by atoms with E-state index in [2.05, 4.69) is 45.3 Å². The van der Waals surface area contributed by atoms with Gasteiger partial charge in [0.1, 0.15) is 146 Å². The van der Waals surface area contributed by atoms with E-state index in [1.807, 2.05) is 0 Å². The Morgan fingerprint density at radius 2 is 0.899 bits per heavy atom. The van der Waals surface area contributed by atoms with Crippen LogP contribution in [0, 0.1) is 11.8 Å². The molecule has 6 saturated heterocycles. The molecule has 1 aromatic carbocycles. The first-order chi connectivity index (χ1) is 47.2. The smallest absolute Gasteiger partial charge is 0.251 e. The van der Waals surface area contributed by atoms with Crippen LogP contribution in [0.4, 0.5) is 0 Å². The highest BCUT2D eigenvalue weighted by atomic mass is 16.8. The monoisotopic (exact) mass is 1420 g/mol. The van der Waals surface area contributed by atoms with Gasteiger partial charge in [-0.15, -0.1) is 11.8 Å². The number of unbranched alkanes of at least 4 members (excludes halogenated alkanes) is 5. The Hall–Kier alpha value is -5.07. The number of aliphatic hydroxyl groups excluding tert-OH is 13. The van der Waals surface area contributed by atoms with Crippen LogP contribution in [0.3, 0.4) is 0 Å². The van der Waals surface area contributed by atoms with Crippen LogP contribution in [0.1, 0.15) is 96.8 Å². The molecule has 36 heteroatoms.